The molecule has 0 saturated carbocycles. The van der Waals surface area contributed by atoms with Crippen LogP contribution in [0.1, 0.15) is 35.7 Å². The van der Waals surface area contributed by atoms with Crippen molar-refractivity contribution in [1.29, 1.82) is 0 Å². The molecule has 2 aromatic heterocycles. The molecular formula is C24H21F5N4O2. The Balaban J connectivity index is 1.49. The number of hydrogen-bond donors (Lipinski definition) is 0. The van der Waals surface area contributed by atoms with Crippen molar-refractivity contribution in [1.82, 2.24) is 19.9 Å². The fourth-order valence-electron chi connectivity index (χ4n) is 4.08. The van der Waals surface area contributed by atoms with E-state index in [-0.39, 0.29) is 30.3 Å². The summed E-state index contributed by atoms with van der Waals surface area (Å²) in [6, 6.07) is 6.77. The Labute approximate surface area is 197 Å². The quantitative estimate of drug-likeness (QED) is 0.461. The number of pyridine rings is 1. The van der Waals surface area contributed by atoms with Crippen molar-refractivity contribution >= 4 is 5.91 Å². The summed E-state index contributed by atoms with van der Waals surface area (Å²) in [7, 11) is 0. The lowest BCUT2D eigenvalue weighted by molar-refractivity contribution is -0.138. The number of aromatic nitrogens is 3. The maximum Gasteiger partial charge on any atom is 0.417 e. The molecule has 1 fully saturated rings. The highest BCUT2D eigenvalue weighted by molar-refractivity contribution is 6.00. The summed E-state index contributed by atoms with van der Waals surface area (Å²) < 4.78 is 70.9. The number of hydrogen-bond acceptors (Lipinski definition) is 5. The second-order valence-corrected chi connectivity index (χ2v) is 8.23. The van der Waals surface area contributed by atoms with Crippen LogP contribution in [0.5, 0.6) is 5.88 Å². The van der Waals surface area contributed by atoms with Crippen molar-refractivity contribution in [2.45, 2.75) is 32.0 Å². The topological polar surface area (TPSA) is 68.2 Å². The van der Waals surface area contributed by atoms with E-state index in [1.165, 1.54) is 0 Å². The molecule has 0 radical (unpaired) electrons. The zero-order valence-electron chi connectivity index (χ0n) is 18.6. The number of rotatable bonds is 5. The predicted octanol–water partition coefficient (Wildman–Crippen LogP) is 5.16. The van der Waals surface area contributed by atoms with E-state index in [2.05, 4.69) is 15.0 Å². The minimum absolute atomic E-state index is 0.0248. The molecule has 1 amide bonds. The summed E-state index contributed by atoms with van der Waals surface area (Å²) in [4.78, 5) is 26.5. The summed E-state index contributed by atoms with van der Waals surface area (Å²) in [5.41, 5.74) is -0.393. The van der Waals surface area contributed by atoms with Gasteiger partial charge in [-0.2, -0.15) is 13.2 Å². The van der Waals surface area contributed by atoms with Gasteiger partial charge in [-0.25, -0.2) is 23.7 Å². The molecule has 1 aliphatic rings. The highest BCUT2D eigenvalue weighted by atomic mass is 19.4. The molecule has 0 bridgehead atoms. The Morgan fingerprint density at radius 2 is 1.83 bits per heavy atom. The van der Waals surface area contributed by atoms with E-state index in [9.17, 15) is 26.7 Å². The molecule has 4 rings (SSSR count). The molecule has 184 valence electrons. The normalized spacial score (nSPS) is 18.4. The minimum Gasteiger partial charge on any atom is -0.475 e. The van der Waals surface area contributed by atoms with Crippen LogP contribution >= 0.6 is 0 Å². The lowest BCUT2D eigenvalue weighted by Gasteiger charge is -2.39. The van der Waals surface area contributed by atoms with Crippen molar-refractivity contribution in [3.8, 4) is 17.3 Å². The fraction of sp³-hybridized carbons (Fsp3) is 0.333. The van der Waals surface area contributed by atoms with Gasteiger partial charge in [0.1, 0.15) is 0 Å². The number of amides is 1. The first-order chi connectivity index (χ1) is 16.6. The number of carbonyl (C=O) groups excluding carboxylic acids is 1. The summed E-state index contributed by atoms with van der Waals surface area (Å²) in [6.07, 6.45) is -0.810. The van der Waals surface area contributed by atoms with Crippen molar-refractivity contribution < 1.29 is 31.5 Å². The first-order valence-corrected chi connectivity index (χ1v) is 10.9. The second kappa shape index (κ2) is 9.93. The van der Waals surface area contributed by atoms with E-state index >= 15 is 0 Å². The molecule has 1 saturated heterocycles. The number of ether oxygens (including phenoxy) is 1. The van der Waals surface area contributed by atoms with Crippen LogP contribution in [0.25, 0.3) is 11.4 Å². The van der Waals surface area contributed by atoms with Crippen LogP contribution < -0.4 is 4.74 Å². The van der Waals surface area contributed by atoms with Crippen molar-refractivity contribution in [3.05, 3.63) is 71.7 Å². The average molecular weight is 492 g/mol. The molecule has 3 heterocycles. The number of piperidine rings is 1. The molecule has 1 aromatic carbocycles. The van der Waals surface area contributed by atoms with E-state index in [0.29, 0.717) is 42.8 Å². The van der Waals surface area contributed by atoms with Gasteiger partial charge in [0.25, 0.3) is 5.91 Å². The SMILES string of the molecule is C[C@H]1[C@H](COc2ncc(C(F)(F)F)cc2F)CCCN1C(=O)c1ccccc1-c1ncc(F)cn1. The molecular weight excluding hydrogens is 471 g/mol. The van der Waals surface area contributed by atoms with Crippen molar-refractivity contribution in [3.63, 3.8) is 0 Å². The lowest BCUT2D eigenvalue weighted by atomic mass is 9.90. The van der Waals surface area contributed by atoms with Crippen molar-refractivity contribution in [2.75, 3.05) is 13.2 Å². The molecule has 6 nitrogen and oxygen atoms in total. The third kappa shape index (κ3) is 5.39. The number of nitrogens with zero attached hydrogens (tertiary/aromatic N) is 4. The smallest absolute Gasteiger partial charge is 0.417 e. The fourth-order valence-corrected chi connectivity index (χ4v) is 4.08. The van der Waals surface area contributed by atoms with Gasteiger partial charge in [-0.3, -0.25) is 4.79 Å². The molecule has 35 heavy (non-hydrogen) atoms. The Hall–Kier alpha value is -3.63. The second-order valence-electron chi connectivity index (χ2n) is 8.23. The third-order valence-corrected chi connectivity index (χ3v) is 6.00. The summed E-state index contributed by atoms with van der Waals surface area (Å²) in [5, 5.41) is 0. The van der Waals surface area contributed by atoms with Crippen LogP contribution in [0.2, 0.25) is 0 Å². The van der Waals surface area contributed by atoms with Crippen LogP contribution in [-0.4, -0.2) is 45.0 Å². The monoisotopic (exact) mass is 492 g/mol. The highest BCUT2D eigenvalue weighted by Crippen LogP contribution is 2.32. The number of benzene rings is 1. The summed E-state index contributed by atoms with van der Waals surface area (Å²) >= 11 is 0. The summed E-state index contributed by atoms with van der Waals surface area (Å²) in [6.45, 7) is 2.28. The van der Waals surface area contributed by atoms with E-state index in [4.69, 9.17) is 4.74 Å². The maximum atomic E-state index is 14.1. The average Bonchev–Trinajstić information content (AvgIpc) is 2.83. The Morgan fingerprint density at radius 3 is 2.51 bits per heavy atom. The highest BCUT2D eigenvalue weighted by Gasteiger charge is 2.34. The molecule has 3 aromatic rings. The van der Waals surface area contributed by atoms with Crippen molar-refractivity contribution in [2.24, 2.45) is 5.92 Å². The van der Waals surface area contributed by atoms with E-state index in [1.54, 1.807) is 29.2 Å². The Bertz CT molecular complexity index is 1200. The van der Waals surface area contributed by atoms with Crippen LogP contribution in [0, 0.1) is 17.6 Å². The van der Waals surface area contributed by atoms with E-state index in [0.717, 1.165) is 12.4 Å². The van der Waals surface area contributed by atoms with Crippen LogP contribution in [0.3, 0.4) is 0 Å². The minimum atomic E-state index is -4.71. The Morgan fingerprint density at radius 1 is 1.11 bits per heavy atom. The number of carbonyl (C=O) groups is 1. The lowest BCUT2D eigenvalue weighted by Crippen LogP contribution is -2.48. The molecule has 1 aliphatic heterocycles. The third-order valence-electron chi connectivity index (χ3n) is 6.00. The Kier molecular flexibility index (Phi) is 6.95. The van der Waals surface area contributed by atoms with Crippen LogP contribution in [-0.2, 0) is 6.18 Å². The number of halogens is 5. The summed E-state index contributed by atoms with van der Waals surface area (Å²) in [5.74, 6) is -2.58. The van der Waals surface area contributed by atoms with Gasteiger partial charge in [-0.05, 0) is 31.9 Å². The zero-order valence-corrected chi connectivity index (χ0v) is 18.6. The predicted molar refractivity (Wildman–Crippen MR) is 115 cm³/mol. The van der Waals surface area contributed by atoms with Gasteiger partial charge in [0.05, 0.1) is 30.1 Å². The first-order valence-electron chi connectivity index (χ1n) is 10.9. The van der Waals surface area contributed by atoms with E-state index in [1.807, 2.05) is 6.92 Å². The standard InChI is InChI=1S/C24H21F5N4O2/c1-14-15(13-35-22-20(26)9-16(10-32-22)24(27,28)29)5-4-8-33(14)23(34)19-7-3-2-6-18(19)21-30-11-17(25)12-31-21/h2-3,6-7,9-12,14-15H,4-5,8,13H2,1H3/t14-,15-/m0/s1. The number of likely N-dealkylation sites (tertiary alicyclic amines) is 1. The van der Waals surface area contributed by atoms with Crippen LogP contribution in [0.4, 0.5) is 22.0 Å². The van der Waals surface area contributed by atoms with Gasteiger partial charge >= 0.3 is 6.18 Å². The molecule has 0 spiro atoms. The largest absolute Gasteiger partial charge is 0.475 e. The van der Waals surface area contributed by atoms with E-state index < -0.39 is 29.3 Å². The molecule has 0 unspecified atom stereocenters. The molecule has 11 heteroatoms. The van der Waals surface area contributed by atoms with Gasteiger partial charge in [0.2, 0.25) is 5.88 Å². The zero-order chi connectivity index (χ0) is 25.2. The molecule has 2 atom stereocenters. The molecule has 0 aliphatic carbocycles. The van der Waals surface area contributed by atoms with Gasteiger partial charge in [0, 0.05) is 30.3 Å². The number of alkyl halides is 3. The van der Waals surface area contributed by atoms with Crippen LogP contribution in [0.15, 0.2) is 48.9 Å². The van der Waals surface area contributed by atoms with Gasteiger partial charge < -0.3 is 9.64 Å². The maximum absolute atomic E-state index is 14.1. The molecule has 0 N–H and O–H groups in total. The first kappa shape index (κ1) is 24.5. The van der Waals surface area contributed by atoms with Gasteiger partial charge in [-0.15, -0.1) is 0 Å². The van der Waals surface area contributed by atoms with Gasteiger partial charge in [0.15, 0.2) is 17.5 Å². The van der Waals surface area contributed by atoms with Gasteiger partial charge in [-0.1, -0.05) is 18.2 Å².